The smallest absolute Gasteiger partial charge is 0.138 e. The maximum absolute atomic E-state index is 5.74. The number of nitrogen functional groups attached to an aromatic ring is 1. The molecule has 0 aliphatic carbocycles. The second-order valence-electron chi connectivity index (χ2n) is 4.05. The molecule has 3 N–H and O–H groups in total. The molecule has 0 spiro atoms. The lowest BCUT2D eigenvalue weighted by molar-refractivity contribution is 1.30. The van der Waals surface area contributed by atoms with Crippen LogP contribution in [0, 0.1) is 6.92 Å². The quantitative estimate of drug-likeness (QED) is 0.624. The molecule has 0 atom stereocenters. The number of H-pyrrole nitrogens is 1. The zero-order valence-corrected chi connectivity index (χ0v) is 9.44. The Kier molecular flexibility index (Phi) is 2.08. The van der Waals surface area contributed by atoms with Gasteiger partial charge in [-0.05, 0) is 36.8 Å². The highest BCUT2D eigenvalue weighted by Crippen LogP contribution is 2.24. The monoisotopic (exact) mass is 224 g/mol. The molecule has 0 fully saturated rings. The minimum atomic E-state index is 0.768. The summed E-state index contributed by atoms with van der Waals surface area (Å²) in [4.78, 5) is 11.9. The summed E-state index contributed by atoms with van der Waals surface area (Å²) in [5.74, 6) is 0.852. The van der Waals surface area contributed by atoms with Gasteiger partial charge in [0, 0.05) is 17.4 Å². The van der Waals surface area contributed by atoms with E-state index in [1.165, 1.54) is 0 Å². The fraction of sp³-hybridized carbons (Fsp3) is 0.0769. The zero-order chi connectivity index (χ0) is 11.8. The normalized spacial score (nSPS) is 10.9. The predicted molar refractivity (Wildman–Crippen MR) is 68.5 cm³/mol. The van der Waals surface area contributed by atoms with Gasteiger partial charge in [0.1, 0.15) is 5.82 Å². The molecule has 1 aromatic carbocycles. The van der Waals surface area contributed by atoms with E-state index >= 15 is 0 Å². The first-order chi connectivity index (χ1) is 8.24. The Balaban J connectivity index is 2.20. The van der Waals surface area contributed by atoms with Crippen molar-refractivity contribution in [3.63, 3.8) is 0 Å². The summed E-state index contributed by atoms with van der Waals surface area (Å²) in [5, 5.41) is 0. The third-order valence-electron chi connectivity index (χ3n) is 2.79. The van der Waals surface area contributed by atoms with Gasteiger partial charge in [0.25, 0.3) is 0 Å². The van der Waals surface area contributed by atoms with Crippen LogP contribution < -0.4 is 5.73 Å². The van der Waals surface area contributed by atoms with Gasteiger partial charge in [-0.25, -0.2) is 4.98 Å². The van der Waals surface area contributed by atoms with Crippen LogP contribution in [0.15, 0.2) is 36.7 Å². The van der Waals surface area contributed by atoms with E-state index in [1.807, 2.05) is 31.2 Å². The molecule has 0 amide bonds. The lowest BCUT2D eigenvalue weighted by Gasteiger charge is -2.02. The van der Waals surface area contributed by atoms with Crippen LogP contribution in [0.3, 0.4) is 0 Å². The van der Waals surface area contributed by atoms with Crippen LogP contribution in [-0.4, -0.2) is 15.0 Å². The molecule has 0 aliphatic rings. The highest BCUT2D eigenvalue weighted by molar-refractivity contribution is 5.79. The highest BCUT2D eigenvalue weighted by atomic mass is 14.9. The van der Waals surface area contributed by atoms with Crippen molar-refractivity contribution in [2.45, 2.75) is 6.92 Å². The van der Waals surface area contributed by atoms with Crippen LogP contribution in [0.1, 0.15) is 5.56 Å². The van der Waals surface area contributed by atoms with Crippen molar-refractivity contribution in [2.75, 3.05) is 5.73 Å². The van der Waals surface area contributed by atoms with E-state index < -0.39 is 0 Å². The van der Waals surface area contributed by atoms with E-state index in [0.29, 0.717) is 0 Å². The van der Waals surface area contributed by atoms with Crippen LogP contribution in [0.4, 0.5) is 5.69 Å². The van der Waals surface area contributed by atoms with Gasteiger partial charge in [-0.1, -0.05) is 0 Å². The summed E-state index contributed by atoms with van der Waals surface area (Å²) in [7, 11) is 0. The molecule has 0 radical (unpaired) electrons. The SMILES string of the molecule is Cc1cc(N)ccc1-c1nc2ccncc2[nH]1. The first-order valence-corrected chi connectivity index (χ1v) is 5.40. The van der Waals surface area contributed by atoms with Crippen molar-refractivity contribution in [3.8, 4) is 11.4 Å². The standard InChI is InChI=1S/C13H12N4/c1-8-6-9(14)2-3-10(8)13-16-11-4-5-15-7-12(11)17-13/h2-7H,14H2,1H3,(H,16,17). The molecule has 4 heteroatoms. The molecule has 2 heterocycles. The number of fused-ring (bicyclic) bond motifs is 1. The Bertz CT molecular complexity index is 652. The average molecular weight is 224 g/mol. The molecule has 0 unspecified atom stereocenters. The summed E-state index contributed by atoms with van der Waals surface area (Å²) in [5.41, 5.74) is 10.5. The number of aryl methyl sites for hydroxylation is 1. The van der Waals surface area contributed by atoms with Crippen molar-refractivity contribution in [1.82, 2.24) is 15.0 Å². The molecule has 0 aliphatic heterocycles. The number of benzene rings is 1. The number of nitrogens with zero attached hydrogens (tertiary/aromatic N) is 2. The van der Waals surface area contributed by atoms with Crippen LogP contribution in [0.25, 0.3) is 22.4 Å². The number of aromatic nitrogens is 3. The molecule has 3 aromatic rings. The molecule has 4 nitrogen and oxygen atoms in total. The third-order valence-corrected chi connectivity index (χ3v) is 2.79. The first kappa shape index (κ1) is 9.84. The Hall–Kier alpha value is -2.36. The van der Waals surface area contributed by atoms with Gasteiger partial charge in [-0.15, -0.1) is 0 Å². The number of hydrogen-bond acceptors (Lipinski definition) is 3. The van der Waals surface area contributed by atoms with Gasteiger partial charge in [0.15, 0.2) is 0 Å². The molecule has 3 rings (SSSR count). The van der Waals surface area contributed by atoms with Crippen molar-refractivity contribution < 1.29 is 0 Å². The van der Waals surface area contributed by atoms with Crippen LogP contribution in [-0.2, 0) is 0 Å². The van der Waals surface area contributed by atoms with E-state index in [2.05, 4.69) is 15.0 Å². The molecule has 0 saturated carbocycles. The number of rotatable bonds is 1. The van der Waals surface area contributed by atoms with Gasteiger partial charge in [0.2, 0.25) is 0 Å². The summed E-state index contributed by atoms with van der Waals surface area (Å²) in [6.07, 6.45) is 3.52. The van der Waals surface area contributed by atoms with E-state index in [-0.39, 0.29) is 0 Å². The van der Waals surface area contributed by atoms with Crippen molar-refractivity contribution in [1.29, 1.82) is 0 Å². The van der Waals surface area contributed by atoms with Gasteiger partial charge in [-0.3, -0.25) is 4.98 Å². The third kappa shape index (κ3) is 1.63. The Morgan fingerprint density at radius 3 is 2.88 bits per heavy atom. The summed E-state index contributed by atoms with van der Waals surface area (Å²) < 4.78 is 0. The second-order valence-corrected chi connectivity index (χ2v) is 4.05. The second kappa shape index (κ2) is 3.59. The number of nitrogens with two attached hydrogens (primary N) is 1. The first-order valence-electron chi connectivity index (χ1n) is 5.40. The zero-order valence-electron chi connectivity index (χ0n) is 9.44. The maximum Gasteiger partial charge on any atom is 0.138 e. The van der Waals surface area contributed by atoms with E-state index in [4.69, 9.17) is 5.73 Å². The summed E-state index contributed by atoms with van der Waals surface area (Å²) in [6, 6.07) is 7.70. The van der Waals surface area contributed by atoms with Crippen LogP contribution in [0.5, 0.6) is 0 Å². The minimum Gasteiger partial charge on any atom is -0.399 e. The molecular weight excluding hydrogens is 212 g/mol. The van der Waals surface area contributed by atoms with Gasteiger partial charge in [0.05, 0.1) is 17.2 Å². The number of nitrogens with one attached hydrogen (secondary N) is 1. The highest BCUT2D eigenvalue weighted by Gasteiger charge is 2.07. The minimum absolute atomic E-state index is 0.768. The van der Waals surface area contributed by atoms with Crippen molar-refractivity contribution in [3.05, 3.63) is 42.2 Å². The Labute approximate surface area is 98.5 Å². The van der Waals surface area contributed by atoms with E-state index in [9.17, 15) is 0 Å². The molecule has 17 heavy (non-hydrogen) atoms. The number of anilines is 1. The number of imidazole rings is 1. The van der Waals surface area contributed by atoms with E-state index in [0.717, 1.165) is 33.7 Å². The molecule has 0 bridgehead atoms. The number of pyridine rings is 1. The Morgan fingerprint density at radius 1 is 1.24 bits per heavy atom. The summed E-state index contributed by atoms with van der Waals surface area (Å²) >= 11 is 0. The molecule has 2 aromatic heterocycles. The lowest BCUT2D eigenvalue weighted by atomic mass is 10.1. The topological polar surface area (TPSA) is 67.6 Å². The fourth-order valence-corrected chi connectivity index (χ4v) is 1.94. The fourth-order valence-electron chi connectivity index (χ4n) is 1.94. The summed E-state index contributed by atoms with van der Waals surface area (Å²) in [6.45, 7) is 2.02. The predicted octanol–water partition coefficient (Wildman–Crippen LogP) is 2.52. The van der Waals surface area contributed by atoms with Gasteiger partial charge < -0.3 is 10.7 Å². The lowest BCUT2D eigenvalue weighted by Crippen LogP contribution is -1.89. The largest absolute Gasteiger partial charge is 0.399 e. The number of aromatic amines is 1. The van der Waals surface area contributed by atoms with Gasteiger partial charge >= 0.3 is 0 Å². The molecule has 84 valence electrons. The van der Waals surface area contributed by atoms with Crippen molar-refractivity contribution >= 4 is 16.7 Å². The van der Waals surface area contributed by atoms with Crippen LogP contribution >= 0.6 is 0 Å². The molecular formula is C13H12N4. The molecule has 0 saturated heterocycles. The van der Waals surface area contributed by atoms with Crippen LogP contribution in [0.2, 0.25) is 0 Å². The Morgan fingerprint density at radius 2 is 2.12 bits per heavy atom. The maximum atomic E-state index is 5.74. The van der Waals surface area contributed by atoms with Crippen molar-refractivity contribution in [2.24, 2.45) is 0 Å². The number of hydrogen-bond donors (Lipinski definition) is 2. The van der Waals surface area contributed by atoms with E-state index in [1.54, 1.807) is 12.4 Å². The average Bonchev–Trinajstić information content (AvgIpc) is 2.72. The van der Waals surface area contributed by atoms with Gasteiger partial charge in [-0.2, -0.15) is 0 Å².